The predicted octanol–water partition coefficient (Wildman–Crippen LogP) is 1.81. The number of Topliss-reactive ketones (excluding diaryl/α,β-unsaturated/α-hetero) is 1. The van der Waals surface area contributed by atoms with Crippen LogP contribution in [0.2, 0.25) is 0 Å². The van der Waals surface area contributed by atoms with Crippen LogP contribution in [0.15, 0.2) is 36.5 Å². The molecule has 0 saturated heterocycles. The lowest BCUT2D eigenvalue weighted by Gasteiger charge is -2.10. The monoisotopic (exact) mass is 358 g/mol. The molecule has 1 heterocycles. The Kier molecular flexibility index (Phi) is 5.90. The van der Waals surface area contributed by atoms with Gasteiger partial charge in [-0.15, -0.1) is 0 Å². The zero-order valence-corrected chi connectivity index (χ0v) is 14.6. The molecule has 0 aliphatic heterocycles. The topological polar surface area (TPSA) is 104 Å². The summed E-state index contributed by atoms with van der Waals surface area (Å²) in [5.74, 6) is -2.14. The number of hydrogen-bond donors (Lipinski definition) is 1. The first-order valence-corrected chi connectivity index (χ1v) is 7.65. The molecule has 136 valence electrons. The summed E-state index contributed by atoms with van der Waals surface area (Å²) in [6, 6.07) is 7.70. The van der Waals surface area contributed by atoms with Crippen LogP contribution in [0.5, 0.6) is 0 Å². The number of hydrogen-bond acceptors (Lipinski definition) is 6. The van der Waals surface area contributed by atoms with Crippen molar-refractivity contribution in [1.29, 1.82) is 0 Å². The van der Waals surface area contributed by atoms with E-state index in [1.54, 1.807) is 19.2 Å². The minimum absolute atomic E-state index is 0.151. The molecule has 0 aliphatic carbocycles. The predicted molar refractivity (Wildman–Crippen MR) is 92.1 cm³/mol. The molecular formula is C18H18N2O6. The molecule has 0 bridgehead atoms. The highest BCUT2D eigenvalue weighted by Crippen LogP contribution is 2.16. The van der Waals surface area contributed by atoms with Gasteiger partial charge in [0.05, 0.1) is 18.4 Å². The van der Waals surface area contributed by atoms with Crippen LogP contribution in [0.1, 0.15) is 38.1 Å². The number of carbonyl (C=O) groups excluding carboxylic acids is 4. The second-order valence-corrected chi connectivity index (χ2v) is 5.44. The molecule has 0 saturated carbocycles. The van der Waals surface area contributed by atoms with Gasteiger partial charge in [-0.1, -0.05) is 12.1 Å². The molecule has 1 aromatic carbocycles. The van der Waals surface area contributed by atoms with Crippen LogP contribution >= 0.6 is 0 Å². The van der Waals surface area contributed by atoms with Crippen LogP contribution in [0.25, 0.3) is 0 Å². The Morgan fingerprint density at radius 3 is 2.42 bits per heavy atom. The standard InChI is InChI=1S/C18H18N2O6/c1-11(21)12-8-15(20(2)9-12)18(24)26-10-16(22)19-14-7-5-4-6-13(14)17(23)25-3/h4-9H,10H2,1-3H3,(H,19,22). The van der Waals surface area contributed by atoms with Crippen LogP contribution < -0.4 is 5.32 Å². The Labute approximate surface area is 149 Å². The molecule has 0 fully saturated rings. The number of anilines is 1. The van der Waals surface area contributed by atoms with Crippen molar-refractivity contribution in [3.05, 3.63) is 53.3 Å². The molecule has 0 atom stereocenters. The van der Waals surface area contributed by atoms with Crippen molar-refractivity contribution in [1.82, 2.24) is 4.57 Å². The van der Waals surface area contributed by atoms with Gasteiger partial charge in [-0.3, -0.25) is 9.59 Å². The quantitative estimate of drug-likeness (QED) is 0.624. The lowest BCUT2D eigenvalue weighted by Crippen LogP contribution is -2.23. The number of para-hydroxylation sites is 1. The summed E-state index contributed by atoms with van der Waals surface area (Å²) in [7, 11) is 2.83. The van der Waals surface area contributed by atoms with Crippen molar-refractivity contribution in [3.63, 3.8) is 0 Å². The molecule has 8 heteroatoms. The summed E-state index contributed by atoms with van der Waals surface area (Å²) in [6.07, 6.45) is 1.51. The molecular weight excluding hydrogens is 340 g/mol. The molecule has 8 nitrogen and oxygen atoms in total. The van der Waals surface area contributed by atoms with Crippen molar-refractivity contribution in [2.75, 3.05) is 19.0 Å². The first-order chi connectivity index (χ1) is 12.3. The maximum Gasteiger partial charge on any atom is 0.355 e. The van der Waals surface area contributed by atoms with E-state index in [1.807, 2.05) is 0 Å². The number of ketones is 1. The van der Waals surface area contributed by atoms with Crippen molar-refractivity contribution in [2.45, 2.75) is 6.92 Å². The van der Waals surface area contributed by atoms with Gasteiger partial charge >= 0.3 is 11.9 Å². The van der Waals surface area contributed by atoms with E-state index in [2.05, 4.69) is 10.1 Å². The van der Waals surface area contributed by atoms with Crippen molar-refractivity contribution >= 4 is 29.3 Å². The highest BCUT2D eigenvalue weighted by atomic mass is 16.5. The van der Waals surface area contributed by atoms with Crippen LogP contribution in [0, 0.1) is 0 Å². The highest BCUT2D eigenvalue weighted by Gasteiger charge is 2.18. The summed E-state index contributed by atoms with van der Waals surface area (Å²) in [5, 5.41) is 2.49. The van der Waals surface area contributed by atoms with Gasteiger partial charge in [-0.05, 0) is 25.1 Å². The van der Waals surface area contributed by atoms with Gasteiger partial charge in [0.2, 0.25) is 0 Å². The number of nitrogens with one attached hydrogen (secondary N) is 1. The molecule has 1 amide bonds. The Hall–Kier alpha value is -3.42. The molecule has 2 rings (SSSR count). The summed E-state index contributed by atoms with van der Waals surface area (Å²) in [4.78, 5) is 47.1. The van der Waals surface area contributed by atoms with Crippen LogP contribution in [0.4, 0.5) is 5.69 Å². The van der Waals surface area contributed by atoms with E-state index in [4.69, 9.17) is 4.74 Å². The normalized spacial score (nSPS) is 10.1. The molecule has 0 unspecified atom stereocenters. The van der Waals surface area contributed by atoms with Gasteiger partial charge < -0.3 is 19.4 Å². The molecule has 1 aromatic heterocycles. The molecule has 0 aliphatic rings. The number of aromatic nitrogens is 1. The van der Waals surface area contributed by atoms with E-state index >= 15 is 0 Å². The zero-order valence-electron chi connectivity index (χ0n) is 14.6. The molecule has 26 heavy (non-hydrogen) atoms. The Morgan fingerprint density at radius 2 is 1.81 bits per heavy atom. The zero-order chi connectivity index (χ0) is 19.3. The molecule has 0 radical (unpaired) electrons. The number of methoxy groups -OCH3 is 1. The largest absolute Gasteiger partial charge is 0.465 e. The van der Waals surface area contributed by atoms with E-state index in [9.17, 15) is 19.2 Å². The minimum Gasteiger partial charge on any atom is -0.465 e. The van der Waals surface area contributed by atoms with Gasteiger partial charge in [0, 0.05) is 18.8 Å². The number of carbonyl (C=O) groups is 4. The van der Waals surface area contributed by atoms with E-state index in [0.717, 1.165) is 0 Å². The number of aryl methyl sites for hydroxylation is 1. The third kappa shape index (κ3) is 4.35. The van der Waals surface area contributed by atoms with Crippen LogP contribution in [0.3, 0.4) is 0 Å². The van der Waals surface area contributed by atoms with Gasteiger partial charge in [-0.25, -0.2) is 9.59 Å². The number of amides is 1. The molecule has 1 N–H and O–H groups in total. The highest BCUT2D eigenvalue weighted by molar-refractivity contribution is 6.02. The van der Waals surface area contributed by atoms with Crippen LogP contribution in [-0.2, 0) is 21.3 Å². The average molecular weight is 358 g/mol. The maximum atomic E-state index is 12.1. The fourth-order valence-corrected chi connectivity index (χ4v) is 2.23. The fourth-order valence-electron chi connectivity index (χ4n) is 2.23. The molecule has 0 spiro atoms. The molecule has 2 aromatic rings. The second-order valence-electron chi connectivity index (χ2n) is 5.44. The van der Waals surface area contributed by atoms with Gasteiger partial charge in [0.15, 0.2) is 12.4 Å². The number of esters is 2. The van der Waals surface area contributed by atoms with E-state index in [0.29, 0.717) is 5.56 Å². The minimum atomic E-state index is -0.739. The summed E-state index contributed by atoms with van der Waals surface area (Å²) < 4.78 is 11.1. The number of benzene rings is 1. The lowest BCUT2D eigenvalue weighted by molar-refractivity contribution is -0.119. The first-order valence-electron chi connectivity index (χ1n) is 7.65. The Bertz CT molecular complexity index is 868. The van der Waals surface area contributed by atoms with Crippen LogP contribution in [-0.4, -0.2) is 41.9 Å². The van der Waals surface area contributed by atoms with Gasteiger partial charge in [0.1, 0.15) is 5.69 Å². The van der Waals surface area contributed by atoms with Crippen molar-refractivity contribution in [2.24, 2.45) is 7.05 Å². The Balaban J connectivity index is 2.00. The van der Waals surface area contributed by atoms with Crippen molar-refractivity contribution in [3.8, 4) is 0 Å². The number of rotatable bonds is 6. The third-order valence-corrected chi connectivity index (χ3v) is 3.56. The van der Waals surface area contributed by atoms with Gasteiger partial charge in [0.25, 0.3) is 5.91 Å². The SMILES string of the molecule is COC(=O)c1ccccc1NC(=O)COC(=O)c1cc(C(C)=O)cn1C. The van der Waals surface area contributed by atoms with E-state index < -0.39 is 24.5 Å². The van der Waals surface area contributed by atoms with Crippen molar-refractivity contribution < 1.29 is 28.7 Å². The smallest absolute Gasteiger partial charge is 0.355 e. The third-order valence-electron chi connectivity index (χ3n) is 3.56. The average Bonchev–Trinajstić information content (AvgIpc) is 3.01. The Morgan fingerprint density at radius 1 is 1.12 bits per heavy atom. The summed E-state index contributed by atoms with van der Waals surface area (Å²) in [6.45, 7) is 0.839. The second kappa shape index (κ2) is 8.11. The van der Waals surface area contributed by atoms with E-state index in [1.165, 1.54) is 43.0 Å². The van der Waals surface area contributed by atoms with Gasteiger partial charge in [-0.2, -0.15) is 0 Å². The maximum absolute atomic E-state index is 12.1. The number of ether oxygens (including phenoxy) is 2. The fraction of sp³-hybridized carbons (Fsp3) is 0.222. The summed E-state index contributed by atoms with van der Waals surface area (Å²) >= 11 is 0. The number of nitrogens with zero attached hydrogens (tertiary/aromatic N) is 1. The lowest BCUT2D eigenvalue weighted by atomic mass is 10.2. The van der Waals surface area contributed by atoms with E-state index in [-0.39, 0.29) is 22.7 Å². The summed E-state index contributed by atoms with van der Waals surface area (Å²) in [5.41, 5.74) is 0.954. The first kappa shape index (κ1) is 18.9.